The Morgan fingerprint density at radius 2 is 1.89 bits per heavy atom. The van der Waals surface area contributed by atoms with Crippen LogP contribution in [0, 0.1) is 5.82 Å². The van der Waals surface area contributed by atoms with Gasteiger partial charge in [0.2, 0.25) is 0 Å². The zero-order chi connectivity index (χ0) is 20.1. The maximum Gasteiger partial charge on any atom is 0.251 e. The molecule has 146 valence electrons. The molecule has 0 aliphatic carbocycles. The van der Waals surface area contributed by atoms with Gasteiger partial charge in [0, 0.05) is 12.1 Å². The second kappa shape index (κ2) is 8.26. The molecule has 0 saturated heterocycles. The van der Waals surface area contributed by atoms with Crippen molar-refractivity contribution in [3.8, 4) is 5.75 Å². The molecule has 1 atom stereocenters. The molecule has 3 rings (SSSR count). The Balaban J connectivity index is 1.85. The molecule has 0 unspecified atom stereocenters. The number of carbonyl (C=O) groups is 1. The second-order valence-corrected chi connectivity index (χ2v) is 8.08. The van der Waals surface area contributed by atoms with E-state index >= 15 is 0 Å². The monoisotopic (exact) mass is 403 g/mol. The Bertz CT molecular complexity index is 1050. The number of benzene rings is 2. The Kier molecular flexibility index (Phi) is 5.79. The lowest BCUT2D eigenvalue weighted by molar-refractivity contribution is 0.0953. The molecule has 0 aliphatic rings. The number of furan rings is 1. The molecule has 0 saturated carbocycles. The predicted molar refractivity (Wildman–Crippen MR) is 100 cm³/mol. The summed E-state index contributed by atoms with van der Waals surface area (Å²) in [5.41, 5.74) is 0.330. The van der Waals surface area contributed by atoms with Crippen LogP contribution in [0.1, 0.15) is 21.4 Å². The smallest absolute Gasteiger partial charge is 0.251 e. The van der Waals surface area contributed by atoms with E-state index in [1.54, 1.807) is 30.3 Å². The highest BCUT2D eigenvalue weighted by Crippen LogP contribution is 2.29. The Morgan fingerprint density at radius 1 is 1.14 bits per heavy atom. The molecular formula is C20H18FNO5S. The maximum absolute atomic E-state index is 13.2. The van der Waals surface area contributed by atoms with E-state index in [0.717, 1.165) is 12.1 Å². The molecule has 2 aromatic carbocycles. The van der Waals surface area contributed by atoms with Crippen LogP contribution in [0.15, 0.2) is 76.2 Å². The van der Waals surface area contributed by atoms with Gasteiger partial charge in [-0.15, -0.1) is 0 Å². The maximum atomic E-state index is 13.2. The number of amides is 1. The molecule has 0 fully saturated rings. The minimum absolute atomic E-state index is 0.0640. The summed E-state index contributed by atoms with van der Waals surface area (Å²) < 4.78 is 49.6. The van der Waals surface area contributed by atoms with Gasteiger partial charge in [-0.2, -0.15) is 0 Å². The Morgan fingerprint density at radius 3 is 2.54 bits per heavy atom. The van der Waals surface area contributed by atoms with Crippen molar-refractivity contribution >= 4 is 15.7 Å². The van der Waals surface area contributed by atoms with Gasteiger partial charge in [-0.25, -0.2) is 12.8 Å². The summed E-state index contributed by atoms with van der Waals surface area (Å²) in [5, 5.41) is 1.45. The first-order valence-corrected chi connectivity index (χ1v) is 9.91. The number of methoxy groups -OCH3 is 1. The molecule has 0 radical (unpaired) electrons. The van der Waals surface area contributed by atoms with Gasteiger partial charge < -0.3 is 14.5 Å². The summed E-state index contributed by atoms with van der Waals surface area (Å²) in [6, 6.07) is 14.1. The van der Waals surface area contributed by atoms with Crippen LogP contribution < -0.4 is 10.1 Å². The number of halogens is 1. The van der Waals surface area contributed by atoms with Crippen LogP contribution in [-0.4, -0.2) is 28.0 Å². The topological polar surface area (TPSA) is 85.6 Å². The highest BCUT2D eigenvalue weighted by Gasteiger charge is 2.32. The van der Waals surface area contributed by atoms with Crippen LogP contribution in [0.2, 0.25) is 0 Å². The summed E-state index contributed by atoms with van der Waals surface area (Å²) in [5.74, 6) is -0.311. The van der Waals surface area contributed by atoms with Gasteiger partial charge in [-0.05, 0) is 54.6 Å². The van der Waals surface area contributed by atoms with Gasteiger partial charge in [-0.3, -0.25) is 4.79 Å². The van der Waals surface area contributed by atoms with Crippen molar-refractivity contribution in [1.29, 1.82) is 0 Å². The van der Waals surface area contributed by atoms with Gasteiger partial charge in [-0.1, -0.05) is 6.07 Å². The number of ether oxygens (including phenoxy) is 1. The first-order valence-electron chi connectivity index (χ1n) is 8.37. The van der Waals surface area contributed by atoms with E-state index < -0.39 is 26.8 Å². The van der Waals surface area contributed by atoms with Crippen LogP contribution in [0.5, 0.6) is 5.75 Å². The molecule has 28 heavy (non-hydrogen) atoms. The summed E-state index contributed by atoms with van der Waals surface area (Å²) in [6.45, 7) is -0.219. The molecule has 1 amide bonds. The number of carbonyl (C=O) groups excluding carboxylic acids is 1. The first-order chi connectivity index (χ1) is 13.4. The normalized spacial score (nSPS) is 12.4. The van der Waals surface area contributed by atoms with Crippen molar-refractivity contribution in [2.75, 3.05) is 13.7 Å². The number of hydrogen-bond acceptors (Lipinski definition) is 5. The minimum Gasteiger partial charge on any atom is -0.497 e. The van der Waals surface area contributed by atoms with E-state index in [-0.39, 0.29) is 17.2 Å². The van der Waals surface area contributed by atoms with Gasteiger partial charge in [0.15, 0.2) is 9.84 Å². The standard InChI is InChI=1S/C20H18FNO5S/c1-26-16-5-2-4-14(12-16)20(23)22-13-19(18-6-3-11-27-18)28(24,25)17-9-7-15(21)8-10-17/h2-12,19H,13H2,1H3,(H,22,23)/t19-/m0/s1. The molecule has 0 bridgehead atoms. The molecular weight excluding hydrogens is 385 g/mol. The van der Waals surface area contributed by atoms with Crippen molar-refractivity contribution in [1.82, 2.24) is 5.32 Å². The van der Waals surface area contributed by atoms with Gasteiger partial charge in [0.25, 0.3) is 5.91 Å². The van der Waals surface area contributed by atoms with Gasteiger partial charge in [0.1, 0.15) is 22.6 Å². The molecule has 0 aliphatic heterocycles. The van der Waals surface area contributed by atoms with Crippen molar-refractivity contribution in [2.45, 2.75) is 10.1 Å². The average Bonchev–Trinajstić information content (AvgIpc) is 3.22. The average molecular weight is 403 g/mol. The summed E-state index contributed by atoms with van der Waals surface area (Å²) >= 11 is 0. The first kappa shape index (κ1) is 19.6. The lowest BCUT2D eigenvalue weighted by Gasteiger charge is -2.17. The molecule has 0 spiro atoms. The van der Waals surface area contributed by atoms with Crippen molar-refractivity contribution < 1.29 is 26.8 Å². The molecule has 1 N–H and O–H groups in total. The SMILES string of the molecule is COc1cccc(C(=O)NC[C@@H](c2ccco2)S(=O)(=O)c2ccc(F)cc2)c1. The van der Waals surface area contributed by atoms with E-state index in [0.29, 0.717) is 11.3 Å². The number of nitrogens with one attached hydrogen (secondary N) is 1. The van der Waals surface area contributed by atoms with E-state index in [9.17, 15) is 17.6 Å². The molecule has 6 nitrogen and oxygen atoms in total. The van der Waals surface area contributed by atoms with Crippen LogP contribution in [0.25, 0.3) is 0 Å². The third-order valence-corrected chi connectivity index (χ3v) is 6.23. The van der Waals surface area contributed by atoms with E-state index in [4.69, 9.17) is 9.15 Å². The van der Waals surface area contributed by atoms with E-state index in [1.165, 1.54) is 31.6 Å². The molecule has 1 heterocycles. The highest BCUT2D eigenvalue weighted by atomic mass is 32.2. The zero-order valence-corrected chi connectivity index (χ0v) is 15.8. The third kappa shape index (κ3) is 4.23. The van der Waals surface area contributed by atoms with Crippen LogP contribution >= 0.6 is 0 Å². The van der Waals surface area contributed by atoms with Gasteiger partial charge in [0.05, 0.1) is 18.3 Å². The summed E-state index contributed by atoms with van der Waals surface area (Å²) in [6.07, 6.45) is 1.35. The van der Waals surface area contributed by atoms with E-state index in [1.807, 2.05) is 0 Å². The highest BCUT2D eigenvalue weighted by molar-refractivity contribution is 7.91. The molecule has 3 aromatic rings. The number of rotatable bonds is 7. The number of hydrogen-bond donors (Lipinski definition) is 1. The van der Waals surface area contributed by atoms with Crippen LogP contribution in [0.3, 0.4) is 0 Å². The van der Waals surface area contributed by atoms with Crippen LogP contribution in [0.4, 0.5) is 4.39 Å². The zero-order valence-electron chi connectivity index (χ0n) is 15.0. The fourth-order valence-corrected chi connectivity index (χ4v) is 4.26. The van der Waals surface area contributed by atoms with Crippen LogP contribution in [-0.2, 0) is 9.84 Å². The summed E-state index contributed by atoms with van der Waals surface area (Å²) in [4.78, 5) is 12.4. The van der Waals surface area contributed by atoms with Crippen molar-refractivity contribution in [3.63, 3.8) is 0 Å². The fourth-order valence-electron chi connectivity index (χ4n) is 2.68. The van der Waals surface area contributed by atoms with Gasteiger partial charge >= 0.3 is 0 Å². The third-order valence-electron chi connectivity index (χ3n) is 4.16. The largest absolute Gasteiger partial charge is 0.497 e. The minimum atomic E-state index is -3.93. The lowest BCUT2D eigenvalue weighted by Crippen LogP contribution is -2.31. The molecule has 8 heteroatoms. The van der Waals surface area contributed by atoms with E-state index in [2.05, 4.69) is 5.32 Å². The predicted octanol–water partition coefficient (Wildman–Crippen LogP) is 3.37. The Labute approximate surface area is 161 Å². The lowest BCUT2D eigenvalue weighted by atomic mass is 10.2. The second-order valence-electron chi connectivity index (χ2n) is 5.94. The fraction of sp³-hybridized carbons (Fsp3) is 0.150. The quantitative estimate of drug-likeness (QED) is 0.612. The van der Waals surface area contributed by atoms with Crippen molar-refractivity contribution in [2.24, 2.45) is 0 Å². The van der Waals surface area contributed by atoms with Crippen molar-refractivity contribution in [3.05, 3.63) is 84.1 Å². The Hall–Kier alpha value is -3.13. The number of sulfone groups is 1. The summed E-state index contributed by atoms with van der Waals surface area (Å²) in [7, 11) is -2.45. The molecule has 1 aromatic heterocycles.